The lowest BCUT2D eigenvalue weighted by molar-refractivity contribution is 0.267. The fourth-order valence-electron chi connectivity index (χ4n) is 0.415. The molecule has 0 fully saturated rings. The van der Waals surface area contributed by atoms with Crippen molar-refractivity contribution in [3.05, 3.63) is 36.1 Å². The number of thiol groups is 1. The second-order valence-corrected chi connectivity index (χ2v) is 3.00. The molecule has 0 aromatic heterocycles. The highest BCUT2D eigenvalue weighted by Gasteiger charge is 1.77. The van der Waals surface area contributed by atoms with Gasteiger partial charge in [-0.2, -0.15) is 0 Å². The van der Waals surface area contributed by atoms with E-state index in [1.54, 1.807) is 18.2 Å². The Labute approximate surface area is 104 Å². The third-order valence-electron chi connectivity index (χ3n) is 0.934. The zero-order chi connectivity index (χ0) is 13.0. The van der Waals surface area contributed by atoms with Gasteiger partial charge in [0.15, 0.2) is 0 Å². The molecule has 0 aliphatic carbocycles. The molecule has 0 aliphatic heterocycles. The van der Waals surface area contributed by atoms with E-state index in [-0.39, 0.29) is 11.0 Å². The Balaban J connectivity index is 0. The summed E-state index contributed by atoms with van der Waals surface area (Å²) < 4.78 is 16.2. The number of benzene rings is 1. The van der Waals surface area contributed by atoms with Crippen LogP contribution in [0.15, 0.2) is 30.3 Å². The first kappa shape index (κ1) is 17.1. The van der Waals surface area contributed by atoms with E-state index in [2.05, 4.69) is 35.3 Å². The summed E-state index contributed by atoms with van der Waals surface area (Å²) in [6.45, 7) is 0. The molecule has 0 spiro atoms. The average molecular weight is 264 g/mol. The van der Waals surface area contributed by atoms with Gasteiger partial charge in [-0.25, -0.2) is 4.39 Å². The lowest BCUT2D eigenvalue weighted by Crippen LogP contribution is -2.08. The minimum absolute atomic E-state index is 0.0880. The van der Waals surface area contributed by atoms with Crippen molar-refractivity contribution in [3.63, 3.8) is 0 Å². The molecule has 16 heavy (non-hydrogen) atoms. The number of thiocarbonyl (C=S) groups is 1. The molecule has 0 heterocycles. The summed E-state index contributed by atoms with van der Waals surface area (Å²) in [6, 6.07) is 7.94. The van der Waals surface area contributed by atoms with Crippen molar-refractivity contribution in [2.45, 2.75) is 0 Å². The molecule has 7 heteroatoms. The number of hydrogen-bond donors (Lipinski definition) is 3. The van der Waals surface area contributed by atoms with Crippen LogP contribution in [0.2, 0.25) is 0 Å². The van der Waals surface area contributed by atoms with Gasteiger partial charge in [0.2, 0.25) is 0 Å². The molecule has 0 atom stereocenters. The van der Waals surface area contributed by atoms with E-state index < -0.39 is 5.24 Å². The molecule has 1 rings (SSSR count). The van der Waals surface area contributed by atoms with Gasteiger partial charge < -0.3 is 16.2 Å². The molecule has 90 valence electrons. The van der Waals surface area contributed by atoms with Gasteiger partial charge >= 0.3 is 0 Å². The summed E-state index contributed by atoms with van der Waals surface area (Å²) >= 11 is 7.36. The Hall–Kier alpha value is -1.34. The van der Waals surface area contributed by atoms with Gasteiger partial charge in [-0.3, -0.25) is 4.79 Å². The number of halogens is 1. The van der Waals surface area contributed by atoms with E-state index in [4.69, 9.17) is 10.5 Å². The molecule has 0 radical (unpaired) electrons. The molecule has 0 saturated heterocycles. The van der Waals surface area contributed by atoms with Gasteiger partial charge in [0.05, 0.1) is 7.11 Å². The van der Waals surface area contributed by atoms with Gasteiger partial charge in [-0.1, -0.05) is 30.8 Å². The number of hydrogen-bond acceptors (Lipinski definition) is 3. The fraction of sp³-hybridized carbons (Fsp3) is 0.111. The van der Waals surface area contributed by atoms with Crippen LogP contribution in [0.25, 0.3) is 0 Å². The highest BCUT2D eigenvalue weighted by atomic mass is 32.1. The van der Waals surface area contributed by atoms with Crippen molar-refractivity contribution in [1.29, 1.82) is 0 Å². The Bertz CT molecular complexity index is 306. The maximum atomic E-state index is 11.9. The van der Waals surface area contributed by atoms with Crippen molar-refractivity contribution >= 4 is 35.3 Å². The third kappa shape index (κ3) is 23.0. The SMILES string of the molecule is COC(N)=S.Fc1ccccc1.NC(=O)S. The maximum Gasteiger partial charge on any atom is 0.273 e. The lowest BCUT2D eigenvalue weighted by Gasteiger charge is -1.85. The van der Waals surface area contributed by atoms with Gasteiger partial charge in [0.25, 0.3) is 10.4 Å². The highest BCUT2D eigenvalue weighted by molar-refractivity contribution is 7.96. The van der Waals surface area contributed by atoms with Gasteiger partial charge in [-0.05, 0) is 24.4 Å². The molecule has 1 amide bonds. The van der Waals surface area contributed by atoms with Crippen molar-refractivity contribution in [3.8, 4) is 0 Å². The highest BCUT2D eigenvalue weighted by Crippen LogP contribution is 1.91. The number of methoxy groups -OCH3 is 1. The molecule has 1 aromatic rings. The van der Waals surface area contributed by atoms with Crippen LogP contribution in [0.3, 0.4) is 0 Å². The molecular formula is C9H13FN2O2S2. The molecule has 0 saturated carbocycles. The number of rotatable bonds is 0. The Morgan fingerprint density at radius 3 is 1.81 bits per heavy atom. The standard InChI is InChI=1S/C6H5F.C2H5NOS.CH3NOS/c7-6-4-2-1-3-5-6;1-4-2(3)5;2-1(3)4/h1-5H;1H3,(H2,3,5);(H3,2,3,4). The van der Waals surface area contributed by atoms with Gasteiger partial charge in [-0.15, -0.1) is 0 Å². The molecule has 4 N–H and O–H groups in total. The average Bonchev–Trinajstić information content (AvgIpc) is 2.19. The summed E-state index contributed by atoms with van der Waals surface area (Å²) in [6.07, 6.45) is 0. The van der Waals surface area contributed by atoms with Crippen molar-refractivity contribution in [2.24, 2.45) is 11.5 Å². The second kappa shape index (κ2) is 11.7. The van der Waals surface area contributed by atoms with Crippen molar-refractivity contribution in [1.82, 2.24) is 0 Å². The van der Waals surface area contributed by atoms with E-state index >= 15 is 0 Å². The van der Waals surface area contributed by atoms with E-state index in [0.29, 0.717) is 0 Å². The van der Waals surface area contributed by atoms with Gasteiger partial charge in [0, 0.05) is 0 Å². The first-order valence-electron chi connectivity index (χ1n) is 3.92. The molecular weight excluding hydrogens is 251 g/mol. The van der Waals surface area contributed by atoms with Crippen LogP contribution in [0.4, 0.5) is 9.18 Å². The smallest absolute Gasteiger partial charge is 0.273 e. The summed E-state index contributed by atoms with van der Waals surface area (Å²) in [5.74, 6) is -0.178. The van der Waals surface area contributed by atoms with E-state index in [0.717, 1.165) is 0 Å². The summed E-state index contributed by atoms with van der Waals surface area (Å²) in [5.41, 5.74) is 9.14. The van der Waals surface area contributed by atoms with Crippen LogP contribution >= 0.6 is 24.8 Å². The third-order valence-corrected chi connectivity index (χ3v) is 1.10. The number of amides is 1. The summed E-state index contributed by atoms with van der Waals surface area (Å²) in [5, 5.41) is -0.551. The minimum Gasteiger partial charge on any atom is -0.475 e. The Kier molecular flexibility index (Phi) is 12.5. The molecule has 0 aliphatic rings. The van der Waals surface area contributed by atoms with Crippen LogP contribution in [0, 0.1) is 5.82 Å². The maximum absolute atomic E-state index is 11.9. The number of ether oxygens (including phenoxy) is 1. The predicted molar refractivity (Wildman–Crippen MR) is 68.8 cm³/mol. The van der Waals surface area contributed by atoms with E-state index in [1.807, 2.05) is 0 Å². The molecule has 1 aromatic carbocycles. The minimum atomic E-state index is -0.639. The van der Waals surface area contributed by atoms with Crippen molar-refractivity contribution in [2.75, 3.05) is 7.11 Å². The largest absolute Gasteiger partial charge is 0.475 e. The van der Waals surface area contributed by atoms with Crippen LogP contribution in [0.5, 0.6) is 0 Å². The first-order valence-corrected chi connectivity index (χ1v) is 4.78. The van der Waals surface area contributed by atoms with Crippen LogP contribution < -0.4 is 11.5 Å². The number of carbonyl (C=O) groups is 1. The Morgan fingerprint density at radius 2 is 1.69 bits per heavy atom. The predicted octanol–water partition coefficient (Wildman–Crippen LogP) is 1.70. The Morgan fingerprint density at radius 1 is 1.38 bits per heavy atom. The van der Waals surface area contributed by atoms with E-state index in [9.17, 15) is 4.39 Å². The first-order chi connectivity index (χ1) is 7.40. The van der Waals surface area contributed by atoms with Crippen LogP contribution in [-0.4, -0.2) is 17.5 Å². The number of primary amides is 1. The van der Waals surface area contributed by atoms with Crippen molar-refractivity contribution < 1.29 is 13.9 Å². The quantitative estimate of drug-likeness (QED) is 0.492. The zero-order valence-electron chi connectivity index (χ0n) is 8.59. The summed E-state index contributed by atoms with van der Waals surface area (Å²) in [4.78, 5) is 9.09. The molecule has 4 nitrogen and oxygen atoms in total. The molecule has 0 unspecified atom stereocenters. The monoisotopic (exact) mass is 264 g/mol. The van der Waals surface area contributed by atoms with Gasteiger partial charge in [0.1, 0.15) is 5.82 Å². The number of carbonyl (C=O) groups excluding carboxylic acids is 1. The fourth-order valence-corrected chi connectivity index (χ4v) is 0.415. The number of nitrogens with two attached hydrogens (primary N) is 2. The second-order valence-electron chi connectivity index (χ2n) is 2.16. The van der Waals surface area contributed by atoms with Crippen LogP contribution in [-0.2, 0) is 4.74 Å². The van der Waals surface area contributed by atoms with Crippen LogP contribution in [0.1, 0.15) is 0 Å². The topological polar surface area (TPSA) is 78.3 Å². The lowest BCUT2D eigenvalue weighted by atomic mass is 10.4. The molecule has 0 bridgehead atoms. The van der Waals surface area contributed by atoms with E-state index in [1.165, 1.54) is 19.2 Å². The normalized spacial score (nSPS) is 7.44. The zero-order valence-corrected chi connectivity index (χ0v) is 10.3. The summed E-state index contributed by atoms with van der Waals surface area (Å²) in [7, 11) is 1.43.